The number of aliphatic imine (C=N–C) groups is 1. The summed E-state index contributed by atoms with van der Waals surface area (Å²) in [5.74, 6) is -13.1. The second-order valence-electron chi connectivity index (χ2n) is 21.3. The van der Waals surface area contributed by atoms with Crippen molar-refractivity contribution in [2.75, 3.05) is 26.2 Å². The third-order valence-electron chi connectivity index (χ3n) is 13.5. The number of rotatable bonds is 34. The predicted octanol–water partition coefficient (Wildman–Crippen LogP) is -6.75. The Hall–Kier alpha value is -7.39. The van der Waals surface area contributed by atoms with Gasteiger partial charge in [-0.3, -0.25) is 52.9 Å². The van der Waals surface area contributed by atoms with Gasteiger partial charge in [0.05, 0.1) is 31.3 Å². The average molecular weight is 1200 g/mol. The van der Waals surface area contributed by atoms with Crippen LogP contribution >= 0.6 is 12.6 Å². The Bertz CT molecular complexity index is 2460. The number of carboxylic acids is 1. The molecule has 0 aliphatic carbocycles. The van der Waals surface area contributed by atoms with E-state index < -0.39 is 161 Å². The van der Waals surface area contributed by atoms with Crippen LogP contribution in [0.5, 0.6) is 5.75 Å². The molecule has 1 heterocycles. The highest BCUT2D eigenvalue weighted by molar-refractivity contribution is 7.81. The van der Waals surface area contributed by atoms with Crippen LogP contribution in [0.1, 0.15) is 92.6 Å². The number of aliphatic hydroxyl groups excluding tert-OH is 3. The predicted molar refractivity (Wildman–Crippen MR) is 303 cm³/mol. The Kier molecular flexibility index (Phi) is 29.1. The first kappa shape index (κ1) is 71.7. The SMILES string of the molecule is CC[C@H](C)[C@H](NC(=O)[C@@H]1C[C@@H](O)CN1C(=O)[C@@H](N)C(C)C)C(=O)N[C@H](C(=O)N[C@@H](Cc1ccc(O)cc1)C(=O)N[C@@H](CO)C(=O)N[C@@H](CC(N)=O)C(=O)N[C@@H](CCCN=C(N)N)C(=O)N[C@@H](CCN)C(=O)N[C@H](C(=O)O)[C@@H](C)O)C(C)(C)S. The monoisotopic (exact) mass is 1200 g/mol. The van der Waals surface area contributed by atoms with Crippen molar-refractivity contribution in [1.82, 2.24) is 47.4 Å². The molecule has 13 atom stereocenters. The van der Waals surface area contributed by atoms with Gasteiger partial charge < -0.3 is 102 Å². The Morgan fingerprint density at radius 2 is 1.25 bits per heavy atom. The van der Waals surface area contributed by atoms with Gasteiger partial charge in [-0.15, -0.1) is 0 Å². The van der Waals surface area contributed by atoms with Crippen LogP contribution < -0.4 is 71.2 Å². The molecule has 1 aromatic carbocycles. The molecule has 0 unspecified atom stereocenters. The highest BCUT2D eigenvalue weighted by atomic mass is 32.1. The van der Waals surface area contributed by atoms with Gasteiger partial charge in [0.15, 0.2) is 12.0 Å². The summed E-state index contributed by atoms with van der Waals surface area (Å²) in [6, 6.07) is -10.1. The number of likely N-dealkylation sites (tertiary alicyclic amines) is 1. The summed E-state index contributed by atoms with van der Waals surface area (Å²) in [5.41, 5.74) is 28.4. The van der Waals surface area contributed by atoms with Crippen molar-refractivity contribution in [3.05, 3.63) is 29.8 Å². The molecule has 1 aliphatic heterocycles. The van der Waals surface area contributed by atoms with Crippen molar-refractivity contribution in [1.29, 1.82) is 0 Å². The summed E-state index contributed by atoms with van der Waals surface area (Å²) in [7, 11) is 0. The van der Waals surface area contributed by atoms with Gasteiger partial charge >= 0.3 is 5.97 Å². The van der Waals surface area contributed by atoms with E-state index in [9.17, 15) is 78.3 Å². The smallest absolute Gasteiger partial charge is 0.328 e. The molecule has 2 rings (SSSR count). The van der Waals surface area contributed by atoms with Gasteiger partial charge in [0.2, 0.25) is 59.1 Å². The van der Waals surface area contributed by atoms with E-state index in [1.54, 1.807) is 27.7 Å². The maximum atomic E-state index is 14.4. The summed E-state index contributed by atoms with van der Waals surface area (Å²) in [5, 5.41) is 69.5. The number of primary amides is 1. The fourth-order valence-electron chi connectivity index (χ4n) is 8.41. The molecule has 1 aliphatic rings. The number of benzene rings is 1. The number of guanidine groups is 1. The Morgan fingerprint density at radius 1 is 0.735 bits per heavy atom. The molecule has 0 bridgehead atoms. The zero-order chi connectivity index (χ0) is 63.2. The van der Waals surface area contributed by atoms with Crippen LogP contribution in [0.4, 0.5) is 0 Å². The van der Waals surface area contributed by atoms with E-state index in [2.05, 4.69) is 60.2 Å². The number of nitrogens with two attached hydrogens (primary N) is 5. The number of hydrogen-bond acceptors (Lipinski definition) is 19. The number of aliphatic hydroxyl groups is 3. The first-order chi connectivity index (χ1) is 38.7. The van der Waals surface area contributed by atoms with E-state index in [1.807, 2.05) is 0 Å². The Labute approximate surface area is 486 Å². The number of carboxylic acid groups (broad SMARTS) is 1. The number of phenolic OH excluding ortho intramolecular Hbond substituents is 1. The number of aliphatic carboxylic acids is 1. The minimum absolute atomic E-state index is 0.000721. The van der Waals surface area contributed by atoms with E-state index in [0.29, 0.717) is 12.0 Å². The van der Waals surface area contributed by atoms with E-state index in [4.69, 9.17) is 28.7 Å². The van der Waals surface area contributed by atoms with Gasteiger partial charge in [0, 0.05) is 30.7 Å². The summed E-state index contributed by atoms with van der Waals surface area (Å²) in [6.45, 7) is 9.25. The number of thiol groups is 1. The van der Waals surface area contributed by atoms with Crippen LogP contribution in [0, 0.1) is 11.8 Å². The quantitative estimate of drug-likeness (QED) is 0.0132. The molecule has 10 amide bonds. The number of nitrogens with zero attached hydrogens (tertiary/aromatic N) is 2. The number of carbonyl (C=O) groups is 11. The lowest BCUT2D eigenvalue weighted by Crippen LogP contribution is -2.64. The molecule has 466 valence electrons. The van der Waals surface area contributed by atoms with Crippen LogP contribution in [0.2, 0.25) is 0 Å². The van der Waals surface area contributed by atoms with Gasteiger partial charge in [-0.05, 0) is 76.1 Å². The molecule has 0 saturated carbocycles. The van der Waals surface area contributed by atoms with Crippen LogP contribution in [0.3, 0.4) is 0 Å². The number of aromatic hydroxyl groups is 1. The minimum atomic E-state index is -1.94. The summed E-state index contributed by atoms with van der Waals surface area (Å²) in [6.07, 6.45) is -4.23. The minimum Gasteiger partial charge on any atom is -0.508 e. The van der Waals surface area contributed by atoms with Crippen molar-refractivity contribution in [2.45, 2.75) is 171 Å². The average Bonchev–Trinajstić information content (AvgIpc) is 3.94. The fraction of sp³-hybridized carbons (Fsp3) is 0.647. The van der Waals surface area contributed by atoms with Crippen molar-refractivity contribution in [3.63, 3.8) is 0 Å². The molecule has 0 radical (unpaired) electrons. The van der Waals surface area contributed by atoms with Gasteiger partial charge in [0.1, 0.15) is 54.1 Å². The number of phenols is 1. The van der Waals surface area contributed by atoms with Gasteiger partial charge in [-0.1, -0.05) is 46.2 Å². The van der Waals surface area contributed by atoms with Crippen molar-refractivity contribution < 1.29 is 78.3 Å². The molecule has 0 aromatic heterocycles. The molecule has 83 heavy (non-hydrogen) atoms. The van der Waals surface area contributed by atoms with E-state index >= 15 is 0 Å². The highest BCUT2D eigenvalue weighted by Gasteiger charge is 2.44. The second kappa shape index (κ2) is 33.6. The van der Waals surface area contributed by atoms with Gasteiger partial charge in [0.25, 0.3) is 0 Å². The lowest BCUT2D eigenvalue weighted by atomic mass is 9.95. The van der Waals surface area contributed by atoms with Gasteiger partial charge in [-0.2, -0.15) is 12.6 Å². The largest absolute Gasteiger partial charge is 0.508 e. The number of nitrogens with one attached hydrogen (secondary N) is 8. The molecular formula is C51H85N15O16S. The Balaban J connectivity index is 2.48. The first-order valence-electron chi connectivity index (χ1n) is 26.9. The zero-order valence-corrected chi connectivity index (χ0v) is 48.5. The summed E-state index contributed by atoms with van der Waals surface area (Å²) in [4.78, 5) is 154. The molecule has 32 heteroatoms. The number of β-amino-alcohol motifs (C(OH)–C–C–N with tert-alkyl or cyclic N) is 1. The van der Waals surface area contributed by atoms with Crippen molar-refractivity contribution >= 4 is 83.6 Å². The molecule has 23 N–H and O–H groups in total. The standard InChI is InChI=1S/C51H85N15O16S/c1-8-24(4)37(63-45(77)34-19-28(70)21-66(34)48(80)36(54)23(2)3)46(78)65-39(51(6,7)83)47(79)61-31(18-26-11-13-27(69)14-12-26)42(74)62-33(22-67)44(76)60-32(20-35(53)71)43(75)58-29(10-9-17-57-50(55)56)40(72)59-30(15-16-52)41(73)64-38(25(5)68)49(81)82/h11-14,23-25,28-34,36-39,67-70,83H,8-10,15-22,52,54H2,1-7H3,(H2,53,71)(H,58,75)(H,59,72)(H,60,76)(H,61,79)(H,62,74)(H,63,77)(H,64,73)(H,65,78)(H,81,82)(H4,55,56,57)/t24-,25+,28+,29-,30-,31-,32-,33-,34-,36-,37-,38-,39+/m0/s1. The van der Waals surface area contributed by atoms with Crippen LogP contribution in [-0.4, -0.2) is 205 Å². The van der Waals surface area contributed by atoms with Crippen LogP contribution in [0.15, 0.2) is 29.3 Å². The van der Waals surface area contributed by atoms with E-state index in [0.717, 1.165) is 6.92 Å². The third kappa shape index (κ3) is 23.1. The van der Waals surface area contributed by atoms with E-state index in [-0.39, 0.29) is 69.4 Å². The summed E-state index contributed by atoms with van der Waals surface area (Å²) >= 11 is 4.59. The third-order valence-corrected chi connectivity index (χ3v) is 13.8. The second-order valence-corrected chi connectivity index (χ2v) is 22.4. The maximum Gasteiger partial charge on any atom is 0.328 e. The first-order valence-corrected chi connectivity index (χ1v) is 27.3. The molecule has 0 spiro atoms. The topological polar surface area (TPSA) is 531 Å². The summed E-state index contributed by atoms with van der Waals surface area (Å²) < 4.78 is -1.42. The number of amides is 10. The fourth-order valence-corrected chi connectivity index (χ4v) is 8.59. The van der Waals surface area contributed by atoms with E-state index in [1.165, 1.54) is 43.0 Å². The zero-order valence-electron chi connectivity index (χ0n) is 47.6. The van der Waals surface area contributed by atoms with Gasteiger partial charge in [-0.25, -0.2) is 4.79 Å². The lowest BCUT2D eigenvalue weighted by Gasteiger charge is -2.34. The molecule has 1 aromatic rings. The molecule has 31 nitrogen and oxygen atoms in total. The Morgan fingerprint density at radius 3 is 1.76 bits per heavy atom. The molecule has 1 saturated heterocycles. The highest BCUT2D eigenvalue weighted by Crippen LogP contribution is 2.23. The maximum absolute atomic E-state index is 14.4. The molecule has 1 fully saturated rings. The van der Waals surface area contributed by atoms with Crippen LogP contribution in [-0.2, 0) is 59.2 Å². The van der Waals surface area contributed by atoms with Crippen molar-refractivity contribution in [2.24, 2.45) is 45.5 Å². The van der Waals surface area contributed by atoms with Crippen molar-refractivity contribution in [3.8, 4) is 5.75 Å². The molecular weight excluding hydrogens is 1110 g/mol. The van der Waals surface area contributed by atoms with Crippen LogP contribution in [0.25, 0.3) is 0 Å². The number of carbonyl (C=O) groups excluding carboxylic acids is 10. The number of hydrogen-bond donors (Lipinski definition) is 19. The normalized spacial score (nSPS) is 18.1. The lowest BCUT2D eigenvalue weighted by molar-refractivity contribution is -0.145.